The highest BCUT2D eigenvalue weighted by Gasteiger charge is 2.60. The van der Waals surface area contributed by atoms with Crippen LogP contribution in [0.1, 0.15) is 75.8 Å². The molecule has 228 valence electrons. The van der Waals surface area contributed by atoms with Gasteiger partial charge in [-0.1, -0.05) is 6.07 Å². The molecule has 2 aliphatic carbocycles. The van der Waals surface area contributed by atoms with Crippen LogP contribution in [0.2, 0.25) is 0 Å². The number of amides is 3. The van der Waals surface area contributed by atoms with Gasteiger partial charge in [0.15, 0.2) is 0 Å². The molecule has 41 heavy (non-hydrogen) atoms. The van der Waals surface area contributed by atoms with E-state index in [1.807, 2.05) is 23.1 Å². The summed E-state index contributed by atoms with van der Waals surface area (Å²) in [5, 5.41) is 13.1. The molecule has 0 unspecified atom stereocenters. The third kappa shape index (κ3) is 6.30. The number of ether oxygens (including phenoxy) is 1. The van der Waals surface area contributed by atoms with E-state index in [1.165, 1.54) is 0 Å². The number of carbonyl (C=O) groups excluding carboxylic acids is 2. The van der Waals surface area contributed by atoms with Crippen molar-refractivity contribution in [3.63, 3.8) is 0 Å². The number of hydrogen-bond acceptors (Lipinski definition) is 6. The fraction of sp³-hybridized carbons (Fsp3) is 0.758. The van der Waals surface area contributed by atoms with Gasteiger partial charge in [0.1, 0.15) is 5.75 Å². The minimum Gasteiger partial charge on any atom is -0.497 e. The molecule has 1 aromatic carbocycles. The Hall–Kier alpha value is -2.16. The van der Waals surface area contributed by atoms with Crippen LogP contribution < -0.4 is 4.74 Å². The highest BCUT2D eigenvalue weighted by Crippen LogP contribution is 2.52. The molecule has 1 N–H and O–H groups in total. The van der Waals surface area contributed by atoms with Crippen LogP contribution in [0.25, 0.3) is 0 Å². The Morgan fingerprint density at radius 3 is 2.41 bits per heavy atom. The van der Waals surface area contributed by atoms with Crippen molar-refractivity contribution in [3.8, 4) is 5.75 Å². The van der Waals surface area contributed by atoms with E-state index in [-0.39, 0.29) is 24.4 Å². The SMILES string of the molecule is COc1ccc(C)c([C@]23CCN(CCCN(C)C)[C@H](C)[C@]2(O)CCCN(CC2CC2)C(=O)N(CC2CC2)C(=O)C3)c1. The zero-order valence-corrected chi connectivity index (χ0v) is 26.0. The lowest BCUT2D eigenvalue weighted by molar-refractivity contribution is -0.157. The van der Waals surface area contributed by atoms with Gasteiger partial charge in [0.25, 0.3) is 0 Å². The molecule has 0 radical (unpaired) electrons. The van der Waals surface area contributed by atoms with E-state index in [0.717, 1.165) is 75.2 Å². The van der Waals surface area contributed by atoms with Crippen molar-refractivity contribution in [2.24, 2.45) is 11.8 Å². The number of urea groups is 1. The number of piperidine rings is 1. The van der Waals surface area contributed by atoms with Crippen molar-refractivity contribution < 1.29 is 19.4 Å². The van der Waals surface area contributed by atoms with Gasteiger partial charge in [-0.25, -0.2) is 4.79 Å². The van der Waals surface area contributed by atoms with E-state index in [9.17, 15) is 14.7 Å². The van der Waals surface area contributed by atoms with Gasteiger partial charge in [-0.3, -0.25) is 14.6 Å². The molecule has 2 saturated carbocycles. The van der Waals surface area contributed by atoms with Gasteiger partial charge < -0.3 is 19.6 Å². The number of fused-ring (bicyclic) bond motifs is 1. The summed E-state index contributed by atoms with van der Waals surface area (Å²) in [7, 11) is 5.86. The van der Waals surface area contributed by atoms with Crippen LogP contribution >= 0.6 is 0 Å². The molecule has 2 heterocycles. The molecule has 1 aromatic rings. The van der Waals surface area contributed by atoms with E-state index in [0.29, 0.717) is 44.2 Å². The fourth-order valence-electron chi connectivity index (χ4n) is 7.52. The number of likely N-dealkylation sites (tertiary alicyclic amines) is 1. The van der Waals surface area contributed by atoms with Crippen LogP contribution in [0.3, 0.4) is 0 Å². The molecule has 8 heteroatoms. The molecule has 8 nitrogen and oxygen atoms in total. The molecule has 3 atom stereocenters. The zero-order valence-electron chi connectivity index (χ0n) is 26.0. The van der Waals surface area contributed by atoms with Crippen molar-refractivity contribution in [3.05, 3.63) is 29.3 Å². The number of methoxy groups -OCH3 is 1. The smallest absolute Gasteiger partial charge is 0.326 e. The van der Waals surface area contributed by atoms with Gasteiger partial charge in [-0.15, -0.1) is 0 Å². The Bertz CT molecular complexity index is 1100. The third-order valence-corrected chi connectivity index (χ3v) is 10.5. The van der Waals surface area contributed by atoms with Crippen LogP contribution in [0.5, 0.6) is 5.75 Å². The standard InChI is InChI=1S/C33H52N4O4/c1-24-8-13-28(41-5)20-29(24)32-15-19-35(18-7-16-34(3)4)25(2)33(32,40)14-6-17-36(22-26-9-10-26)31(39)37(30(38)21-32)23-27-11-12-27/h8,13,20,25-27,40H,6-7,9-12,14-19,21-23H2,1-5H3/t25-,32-,33-/m1/s1. The molecular formula is C33H52N4O4. The second-order valence-electron chi connectivity index (χ2n) is 13.7. The first-order valence-electron chi connectivity index (χ1n) is 15.9. The second-order valence-corrected chi connectivity index (χ2v) is 13.7. The Morgan fingerprint density at radius 1 is 1.05 bits per heavy atom. The van der Waals surface area contributed by atoms with E-state index in [1.54, 1.807) is 12.0 Å². The summed E-state index contributed by atoms with van der Waals surface area (Å²) in [6.07, 6.45) is 7.51. The molecular weight excluding hydrogens is 516 g/mol. The predicted octanol–water partition coefficient (Wildman–Crippen LogP) is 4.27. The summed E-state index contributed by atoms with van der Waals surface area (Å²) in [6, 6.07) is 5.78. The zero-order chi connectivity index (χ0) is 29.4. The van der Waals surface area contributed by atoms with Gasteiger partial charge >= 0.3 is 6.03 Å². The Morgan fingerprint density at radius 2 is 1.76 bits per heavy atom. The number of rotatable bonds is 10. The Kier molecular flexibility index (Phi) is 9.03. The summed E-state index contributed by atoms with van der Waals surface area (Å²) >= 11 is 0. The van der Waals surface area contributed by atoms with Gasteiger partial charge in [-0.05, 0) is 134 Å². The van der Waals surface area contributed by atoms with Crippen LogP contribution in [0, 0.1) is 18.8 Å². The fourth-order valence-corrected chi connectivity index (χ4v) is 7.52. The number of hydrogen-bond donors (Lipinski definition) is 1. The highest BCUT2D eigenvalue weighted by molar-refractivity contribution is 5.95. The van der Waals surface area contributed by atoms with Crippen molar-refractivity contribution in [2.75, 3.05) is 60.5 Å². The molecule has 5 rings (SSSR count). The summed E-state index contributed by atoms with van der Waals surface area (Å²) in [6.45, 7) is 8.72. The molecule has 3 amide bonds. The Labute approximate surface area is 247 Å². The largest absolute Gasteiger partial charge is 0.497 e. The maximum absolute atomic E-state index is 14.4. The van der Waals surface area contributed by atoms with Gasteiger partial charge in [0.2, 0.25) is 5.91 Å². The van der Waals surface area contributed by atoms with E-state index < -0.39 is 11.0 Å². The molecule has 0 bridgehead atoms. The molecule has 0 aromatic heterocycles. The third-order valence-electron chi connectivity index (χ3n) is 10.5. The van der Waals surface area contributed by atoms with Crippen LogP contribution in [-0.2, 0) is 10.2 Å². The van der Waals surface area contributed by atoms with Crippen molar-refractivity contribution in [1.29, 1.82) is 0 Å². The summed E-state index contributed by atoms with van der Waals surface area (Å²) in [4.78, 5) is 36.5. The number of nitrogens with zero attached hydrogens (tertiary/aromatic N) is 4. The van der Waals surface area contributed by atoms with E-state index in [2.05, 4.69) is 37.7 Å². The second kappa shape index (κ2) is 12.2. The molecule has 4 fully saturated rings. The van der Waals surface area contributed by atoms with E-state index >= 15 is 0 Å². The van der Waals surface area contributed by atoms with Crippen LogP contribution in [0.4, 0.5) is 4.79 Å². The molecule has 2 aliphatic heterocycles. The lowest BCUT2D eigenvalue weighted by Crippen LogP contribution is -2.69. The number of aryl methyl sites for hydroxylation is 1. The lowest BCUT2D eigenvalue weighted by atomic mass is 9.56. The Balaban J connectivity index is 1.57. The highest BCUT2D eigenvalue weighted by atomic mass is 16.5. The van der Waals surface area contributed by atoms with E-state index in [4.69, 9.17) is 4.74 Å². The van der Waals surface area contributed by atoms with Crippen LogP contribution in [0.15, 0.2) is 18.2 Å². The average molecular weight is 569 g/mol. The lowest BCUT2D eigenvalue weighted by Gasteiger charge is -2.59. The molecule has 4 aliphatic rings. The summed E-state index contributed by atoms with van der Waals surface area (Å²) in [5.74, 6) is 1.54. The van der Waals surface area contributed by atoms with Crippen molar-refractivity contribution >= 4 is 11.9 Å². The van der Waals surface area contributed by atoms with Gasteiger partial charge in [-0.2, -0.15) is 0 Å². The van der Waals surface area contributed by atoms with Gasteiger partial charge in [0.05, 0.1) is 12.7 Å². The average Bonchev–Trinajstić information content (AvgIpc) is 3.87. The summed E-state index contributed by atoms with van der Waals surface area (Å²) in [5.41, 5.74) is 0.0769. The predicted molar refractivity (Wildman–Crippen MR) is 161 cm³/mol. The molecule has 2 saturated heterocycles. The number of carbonyl (C=O) groups is 2. The quantitative estimate of drug-likeness (QED) is 0.454. The molecule has 0 spiro atoms. The minimum absolute atomic E-state index is 0.120. The van der Waals surface area contributed by atoms with Crippen molar-refractivity contribution in [1.82, 2.24) is 19.6 Å². The minimum atomic E-state index is -1.15. The first-order chi connectivity index (χ1) is 19.6. The maximum atomic E-state index is 14.4. The van der Waals surface area contributed by atoms with Gasteiger partial charge in [0, 0.05) is 37.5 Å². The van der Waals surface area contributed by atoms with Crippen molar-refractivity contribution in [2.45, 2.75) is 88.7 Å². The topological polar surface area (TPSA) is 76.6 Å². The number of aliphatic hydroxyl groups is 1. The monoisotopic (exact) mass is 568 g/mol. The summed E-state index contributed by atoms with van der Waals surface area (Å²) < 4.78 is 5.66. The van der Waals surface area contributed by atoms with Crippen LogP contribution in [-0.4, -0.2) is 109 Å². The first-order valence-corrected chi connectivity index (χ1v) is 15.9. The number of benzene rings is 1. The maximum Gasteiger partial charge on any atom is 0.326 e. The number of imide groups is 1. The normalized spacial score (nSPS) is 30.1. The first kappa shape index (κ1) is 30.3.